The maximum absolute atomic E-state index is 12.9. The maximum atomic E-state index is 12.9. The minimum atomic E-state index is -0.294. The van der Waals surface area contributed by atoms with Crippen LogP contribution in [0.1, 0.15) is 44.9 Å². The number of aryl methyl sites for hydroxylation is 1. The number of anilines is 2. The number of aromatic amines is 1. The highest BCUT2D eigenvalue weighted by molar-refractivity contribution is 6.05. The Morgan fingerprint density at radius 3 is 2.55 bits per heavy atom. The molecular weight excluding hydrogens is 396 g/mol. The van der Waals surface area contributed by atoms with Gasteiger partial charge in [-0.1, -0.05) is 0 Å². The summed E-state index contributed by atoms with van der Waals surface area (Å²) in [6.45, 7) is 4.85. The molecule has 0 radical (unpaired) electrons. The van der Waals surface area contributed by atoms with E-state index in [9.17, 15) is 14.4 Å². The Labute approximate surface area is 181 Å². The van der Waals surface area contributed by atoms with E-state index < -0.39 is 0 Å². The molecule has 1 fully saturated rings. The summed E-state index contributed by atoms with van der Waals surface area (Å²) in [6.07, 6.45) is 2.07. The number of fused-ring (bicyclic) bond motifs is 1. The molecule has 2 amide bonds. The first-order valence-electron chi connectivity index (χ1n) is 10.7. The Morgan fingerprint density at radius 1 is 1.16 bits per heavy atom. The Balaban J connectivity index is 1.36. The van der Waals surface area contributed by atoms with E-state index >= 15 is 0 Å². The van der Waals surface area contributed by atoms with Crippen LogP contribution >= 0.6 is 0 Å². The number of morpholine rings is 1. The van der Waals surface area contributed by atoms with Gasteiger partial charge < -0.3 is 24.8 Å². The topological polar surface area (TPSA) is 94.7 Å². The molecule has 0 unspecified atom stereocenters. The second kappa shape index (κ2) is 8.93. The average molecular weight is 425 g/mol. The van der Waals surface area contributed by atoms with Gasteiger partial charge in [-0.05, 0) is 49.6 Å². The largest absolute Gasteiger partial charge is 0.378 e. The summed E-state index contributed by atoms with van der Waals surface area (Å²) in [6, 6.07) is 7.66. The van der Waals surface area contributed by atoms with Crippen molar-refractivity contribution in [2.45, 2.75) is 26.2 Å². The van der Waals surface area contributed by atoms with Gasteiger partial charge in [-0.2, -0.15) is 0 Å². The zero-order chi connectivity index (χ0) is 22.0. The number of amides is 2. The van der Waals surface area contributed by atoms with Crippen LogP contribution in [0, 0.1) is 6.92 Å². The molecule has 0 bridgehead atoms. The SMILES string of the molecule is Cc1c(C(=O)N(C)CC(=O)Nc2ccc(N3CCOCC3)cc2)[nH]c2c1C(=O)CCC2. The minimum Gasteiger partial charge on any atom is -0.378 e. The van der Waals surface area contributed by atoms with Gasteiger partial charge in [0.05, 0.1) is 19.8 Å². The van der Waals surface area contributed by atoms with Crippen LogP contribution in [0.3, 0.4) is 0 Å². The van der Waals surface area contributed by atoms with Crippen LogP contribution in [0.15, 0.2) is 24.3 Å². The lowest BCUT2D eigenvalue weighted by molar-refractivity contribution is -0.116. The highest BCUT2D eigenvalue weighted by Crippen LogP contribution is 2.27. The molecule has 2 N–H and O–H groups in total. The van der Waals surface area contributed by atoms with E-state index in [4.69, 9.17) is 4.74 Å². The predicted molar refractivity (Wildman–Crippen MR) is 118 cm³/mol. The van der Waals surface area contributed by atoms with Gasteiger partial charge in [-0.3, -0.25) is 14.4 Å². The van der Waals surface area contributed by atoms with E-state index in [1.165, 1.54) is 4.90 Å². The summed E-state index contributed by atoms with van der Waals surface area (Å²) in [4.78, 5) is 44.3. The first-order valence-corrected chi connectivity index (χ1v) is 10.7. The lowest BCUT2D eigenvalue weighted by Crippen LogP contribution is -2.36. The Morgan fingerprint density at radius 2 is 1.87 bits per heavy atom. The molecule has 1 aromatic heterocycles. The molecule has 0 atom stereocenters. The van der Waals surface area contributed by atoms with Gasteiger partial charge in [0, 0.05) is 49.2 Å². The monoisotopic (exact) mass is 424 g/mol. The number of aromatic nitrogens is 1. The standard InChI is InChI=1S/C23H28N4O4/c1-15-21-18(4-3-5-19(21)28)25-22(15)23(30)26(2)14-20(29)24-16-6-8-17(9-7-16)27-10-12-31-13-11-27/h6-9,25H,3-5,10-14H2,1-2H3,(H,24,29). The lowest BCUT2D eigenvalue weighted by Gasteiger charge is -2.28. The van der Waals surface area contributed by atoms with Crippen LogP contribution in [0.2, 0.25) is 0 Å². The molecule has 31 heavy (non-hydrogen) atoms. The van der Waals surface area contributed by atoms with Crippen LogP contribution in [-0.4, -0.2) is 67.4 Å². The number of H-pyrrole nitrogens is 1. The van der Waals surface area contributed by atoms with Crippen molar-refractivity contribution in [1.82, 2.24) is 9.88 Å². The van der Waals surface area contributed by atoms with Gasteiger partial charge in [-0.15, -0.1) is 0 Å². The summed E-state index contributed by atoms with van der Waals surface area (Å²) < 4.78 is 5.37. The van der Waals surface area contributed by atoms with Crippen LogP contribution in [0.5, 0.6) is 0 Å². The number of nitrogens with one attached hydrogen (secondary N) is 2. The third-order valence-corrected chi connectivity index (χ3v) is 5.91. The van der Waals surface area contributed by atoms with Gasteiger partial charge in [0.25, 0.3) is 5.91 Å². The molecule has 1 aliphatic heterocycles. The minimum absolute atomic E-state index is 0.0787. The summed E-state index contributed by atoms with van der Waals surface area (Å²) in [5.74, 6) is -0.493. The predicted octanol–water partition coefficient (Wildman–Crippen LogP) is 2.39. The second-order valence-electron chi connectivity index (χ2n) is 8.11. The van der Waals surface area contributed by atoms with Crippen molar-refractivity contribution in [2.24, 2.45) is 0 Å². The number of ketones is 1. The normalized spacial score (nSPS) is 16.1. The molecule has 4 rings (SSSR count). The zero-order valence-electron chi connectivity index (χ0n) is 18.0. The maximum Gasteiger partial charge on any atom is 0.270 e. The van der Waals surface area contributed by atoms with Gasteiger partial charge in [0.1, 0.15) is 5.69 Å². The highest BCUT2D eigenvalue weighted by Gasteiger charge is 2.28. The van der Waals surface area contributed by atoms with Crippen LogP contribution in [0.25, 0.3) is 0 Å². The molecule has 1 aromatic carbocycles. The molecule has 0 saturated carbocycles. The van der Waals surface area contributed by atoms with Crippen molar-refractivity contribution < 1.29 is 19.1 Å². The summed E-state index contributed by atoms with van der Waals surface area (Å²) in [7, 11) is 1.59. The average Bonchev–Trinajstić information content (AvgIpc) is 3.12. The molecule has 2 heterocycles. The summed E-state index contributed by atoms with van der Waals surface area (Å²) in [5, 5.41) is 2.84. The van der Waals surface area contributed by atoms with Gasteiger partial charge in [0.15, 0.2) is 5.78 Å². The number of rotatable bonds is 5. The Kier molecular flexibility index (Phi) is 6.08. The second-order valence-corrected chi connectivity index (χ2v) is 8.11. The first-order chi connectivity index (χ1) is 14.9. The third kappa shape index (κ3) is 4.49. The number of likely N-dealkylation sites (N-methyl/N-ethyl adjacent to an activating group) is 1. The van der Waals surface area contributed by atoms with Crippen LogP contribution < -0.4 is 10.2 Å². The fraction of sp³-hybridized carbons (Fsp3) is 0.435. The van der Waals surface area contributed by atoms with E-state index in [0.717, 1.165) is 50.5 Å². The van der Waals surface area contributed by atoms with Gasteiger partial charge >= 0.3 is 0 Å². The van der Waals surface area contributed by atoms with Crippen molar-refractivity contribution in [3.05, 3.63) is 46.8 Å². The fourth-order valence-corrected chi connectivity index (χ4v) is 4.24. The lowest BCUT2D eigenvalue weighted by atomic mass is 9.94. The summed E-state index contributed by atoms with van der Waals surface area (Å²) in [5.41, 5.74) is 4.32. The number of hydrogen-bond donors (Lipinski definition) is 2. The molecule has 8 nitrogen and oxygen atoms in total. The number of hydrogen-bond acceptors (Lipinski definition) is 5. The molecule has 1 saturated heterocycles. The zero-order valence-corrected chi connectivity index (χ0v) is 18.0. The van der Waals surface area contributed by atoms with E-state index in [1.807, 2.05) is 24.3 Å². The Bertz CT molecular complexity index is 990. The fourth-order valence-electron chi connectivity index (χ4n) is 4.24. The quantitative estimate of drug-likeness (QED) is 0.769. The van der Waals surface area contributed by atoms with E-state index in [2.05, 4.69) is 15.2 Å². The number of Topliss-reactive ketones (excluding diaryl/α,β-unsaturated/α-hetero) is 1. The molecular formula is C23H28N4O4. The van der Waals surface area contributed by atoms with Crippen molar-refractivity contribution in [1.29, 1.82) is 0 Å². The van der Waals surface area contributed by atoms with E-state index in [-0.39, 0.29) is 24.1 Å². The molecule has 1 aliphatic carbocycles. The van der Waals surface area contributed by atoms with E-state index in [1.54, 1.807) is 14.0 Å². The Hall–Kier alpha value is -3.13. The number of carbonyl (C=O) groups is 3. The van der Waals surface area contributed by atoms with Crippen molar-refractivity contribution in [2.75, 3.05) is 50.1 Å². The van der Waals surface area contributed by atoms with E-state index in [0.29, 0.717) is 28.9 Å². The molecule has 2 aromatic rings. The number of benzene rings is 1. The number of carbonyl (C=O) groups excluding carboxylic acids is 3. The summed E-state index contributed by atoms with van der Waals surface area (Å²) >= 11 is 0. The smallest absolute Gasteiger partial charge is 0.270 e. The van der Waals surface area contributed by atoms with Crippen LogP contribution in [0.4, 0.5) is 11.4 Å². The molecule has 164 valence electrons. The molecule has 8 heteroatoms. The van der Waals surface area contributed by atoms with Crippen LogP contribution in [-0.2, 0) is 16.0 Å². The van der Waals surface area contributed by atoms with Crippen molar-refractivity contribution in [3.63, 3.8) is 0 Å². The van der Waals surface area contributed by atoms with Gasteiger partial charge in [0.2, 0.25) is 5.91 Å². The first kappa shape index (κ1) is 21.1. The molecule has 2 aliphatic rings. The van der Waals surface area contributed by atoms with Gasteiger partial charge in [-0.25, -0.2) is 0 Å². The highest BCUT2D eigenvalue weighted by atomic mass is 16.5. The molecule has 0 spiro atoms. The third-order valence-electron chi connectivity index (χ3n) is 5.91. The van der Waals surface area contributed by atoms with Crippen molar-refractivity contribution >= 4 is 29.0 Å². The number of nitrogens with zero attached hydrogens (tertiary/aromatic N) is 2. The number of ether oxygens (including phenoxy) is 1. The van der Waals surface area contributed by atoms with Crippen molar-refractivity contribution in [3.8, 4) is 0 Å².